The first kappa shape index (κ1) is 23.8. The van der Waals surface area contributed by atoms with Crippen molar-refractivity contribution in [3.63, 3.8) is 0 Å². The van der Waals surface area contributed by atoms with Crippen LogP contribution in [0.15, 0.2) is 0 Å². The van der Waals surface area contributed by atoms with E-state index in [1.807, 2.05) is 0 Å². The molecule has 0 rings (SSSR count). The second-order valence-corrected chi connectivity index (χ2v) is 0. The number of hydrogen-bond acceptors (Lipinski definition) is 1. The van der Waals surface area contributed by atoms with Crippen molar-refractivity contribution in [3.8, 4) is 0 Å². The minimum atomic E-state index is 0. The summed E-state index contributed by atoms with van der Waals surface area (Å²) in [5, 5.41) is 0. The number of rotatable bonds is 0. The average molecular weight is 569 g/mol. The molecular formula is Cd2HgOTe. The third-order valence-electron chi connectivity index (χ3n) is 0. The first-order valence-corrected chi connectivity index (χ1v) is 1.12. The standard InChI is InChI=1S/2Cd.Hg.OTe/c;;;1-2. The van der Waals surface area contributed by atoms with Crippen molar-refractivity contribution in [2.45, 2.75) is 0 Å². The summed E-state index contributed by atoms with van der Waals surface area (Å²) in [6.07, 6.45) is 0. The predicted molar refractivity (Wildman–Crippen MR) is 6.44 cm³/mol. The summed E-state index contributed by atoms with van der Waals surface area (Å²) in [7, 11) is 0. The van der Waals surface area contributed by atoms with E-state index in [1.165, 1.54) is 0 Å². The molecule has 0 atom stereocenters. The zero-order chi connectivity index (χ0) is 2.00. The number of hydrogen-bond donors (Lipinski definition) is 0. The van der Waals surface area contributed by atoms with Crippen LogP contribution in [0.1, 0.15) is 0 Å². The van der Waals surface area contributed by atoms with Crippen molar-refractivity contribution in [2.24, 2.45) is 0 Å². The van der Waals surface area contributed by atoms with Crippen molar-refractivity contribution in [1.29, 1.82) is 0 Å². The van der Waals surface area contributed by atoms with Crippen LogP contribution >= 0.6 is 0 Å². The van der Waals surface area contributed by atoms with Gasteiger partial charge in [-0.25, -0.2) is 0 Å². The third kappa shape index (κ3) is 18.7. The molecule has 0 aromatic rings. The van der Waals surface area contributed by atoms with Crippen molar-refractivity contribution < 1.29 is 85.4 Å². The second kappa shape index (κ2) is 26.3. The summed E-state index contributed by atoms with van der Waals surface area (Å²) in [6, 6.07) is 0. The largest absolute Gasteiger partial charge is 0 e. The molecule has 0 aliphatic carbocycles. The van der Waals surface area contributed by atoms with E-state index in [0.717, 1.165) is 0 Å². The van der Waals surface area contributed by atoms with Crippen LogP contribution in [-0.2, 0) is 85.4 Å². The van der Waals surface area contributed by atoms with Gasteiger partial charge in [-0.05, 0) is 0 Å². The van der Waals surface area contributed by atoms with Crippen LogP contribution in [0.5, 0.6) is 0 Å². The van der Waals surface area contributed by atoms with E-state index in [0.29, 0.717) is 22.3 Å². The Morgan fingerprint density at radius 2 is 1.00 bits per heavy atom. The fourth-order valence-electron chi connectivity index (χ4n) is 0. The van der Waals surface area contributed by atoms with Gasteiger partial charge in [-0.1, -0.05) is 0 Å². The Labute approximate surface area is 105 Å². The molecule has 1 nitrogen and oxygen atoms in total. The van der Waals surface area contributed by atoms with Crippen LogP contribution in [-0.4, -0.2) is 22.3 Å². The van der Waals surface area contributed by atoms with Crippen molar-refractivity contribution >= 4 is 22.3 Å². The van der Waals surface area contributed by atoms with Gasteiger partial charge in [-0.3, -0.25) is 0 Å². The van der Waals surface area contributed by atoms with Crippen LogP contribution in [0.25, 0.3) is 0 Å². The van der Waals surface area contributed by atoms with Gasteiger partial charge in [-0.15, -0.1) is 0 Å². The van der Waals surface area contributed by atoms with E-state index in [2.05, 4.69) is 0 Å². The van der Waals surface area contributed by atoms with Crippen LogP contribution in [0.3, 0.4) is 0 Å². The summed E-state index contributed by atoms with van der Waals surface area (Å²) >= 11 is 0.700. The Balaban J connectivity index is -0.00000000167. The average Bonchev–Trinajstić information content (AvgIpc) is 1.00. The maximum atomic E-state index is 8.26. The van der Waals surface area contributed by atoms with Gasteiger partial charge in [0.2, 0.25) is 0 Å². The maximum absolute atomic E-state index is 8.26. The van der Waals surface area contributed by atoms with Gasteiger partial charge in [-0.2, -0.15) is 0 Å². The molecule has 5 heteroatoms. The van der Waals surface area contributed by atoms with E-state index < -0.39 is 0 Å². The Morgan fingerprint density at radius 3 is 1.00 bits per heavy atom. The molecule has 18 valence electrons. The molecule has 0 aliphatic heterocycles. The third-order valence-corrected chi connectivity index (χ3v) is 0. The SMILES string of the molecule is O=[Te].[Cd].[Cd].[Hg]. The van der Waals surface area contributed by atoms with Crippen molar-refractivity contribution in [2.75, 3.05) is 0 Å². The van der Waals surface area contributed by atoms with Crippen LogP contribution < -0.4 is 0 Å². The van der Waals surface area contributed by atoms with Crippen LogP contribution in [0, 0.1) is 0 Å². The first-order valence-electron chi connectivity index (χ1n) is 0.167. The van der Waals surface area contributed by atoms with Gasteiger partial charge < -0.3 is 0 Å². The van der Waals surface area contributed by atoms with Gasteiger partial charge in [0.1, 0.15) is 0 Å². The molecule has 0 aliphatic rings. The Morgan fingerprint density at radius 1 is 1.00 bits per heavy atom. The van der Waals surface area contributed by atoms with Gasteiger partial charge in [0.15, 0.2) is 0 Å². The zero-order valence-corrected chi connectivity index (χ0v) is 18.8. The Hall–Kier alpha value is 3.37. The van der Waals surface area contributed by atoms with Crippen LogP contribution in [0.2, 0.25) is 0 Å². The molecule has 0 aromatic heterocycles. The van der Waals surface area contributed by atoms with E-state index in [4.69, 9.17) is 3.10 Å². The monoisotopic (exact) mass is 576 g/mol. The molecule has 0 amide bonds. The zero-order valence-electron chi connectivity index (χ0n) is 2.94. The molecule has 0 unspecified atom stereocenters. The molecule has 0 fully saturated rings. The second-order valence-electron chi connectivity index (χ2n) is 0. The smallest absolute Gasteiger partial charge is 0 e. The van der Waals surface area contributed by atoms with E-state index >= 15 is 0 Å². The molecule has 5 heavy (non-hydrogen) atoms. The van der Waals surface area contributed by atoms with Gasteiger partial charge in [0, 0.05) is 82.3 Å². The van der Waals surface area contributed by atoms with Gasteiger partial charge in [0.25, 0.3) is 0 Å². The van der Waals surface area contributed by atoms with E-state index in [9.17, 15) is 0 Å². The Bertz CT molecular complexity index is 9.61. The molecule has 0 saturated heterocycles. The summed E-state index contributed by atoms with van der Waals surface area (Å²) < 4.78 is 8.26. The summed E-state index contributed by atoms with van der Waals surface area (Å²) in [5.74, 6) is 0. The molecule has 0 bridgehead atoms. The fraction of sp³-hybridized carbons (Fsp3) is 0. The van der Waals surface area contributed by atoms with Gasteiger partial charge in [0.05, 0.1) is 0 Å². The normalized spacial score (nSPS) is 0.800. The van der Waals surface area contributed by atoms with E-state index in [-0.39, 0.29) is 82.3 Å². The molecule has 0 saturated carbocycles. The summed E-state index contributed by atoms with van der Waals surface area (Å²) in [4.78, 5) is 0. The topological polar surface area (TPSA) is 17.1 Å². The van der Waals surface area contributed by atoms with Crippen LogP contribution in [0.4, 0.5) is 0 Å². The van der Waals surface area contributed by atoms with Crippen molar-refractivity contribution in [3.05, 3.63) is 0 Å². The Kier molecular flexibility index (Phi) is 125. The maximum Gasteiger partial charge on any atom is 0 e. The van der Waals surface area contributed by atoms with Gasteiger partial charge >= 0.3 is 25.4 Å². The molecule has 0 aromatic carbocycles. The first-order chi connectivity index (χ1) is 1.00. The summed E-state index contributed by atoms with van der Waals surface area (Å²) in [5.41, 5.74) is 0. The summed E-state index contributed by atoms with van der Waals surface area (Å²) in [6.45, 7) is 0. The predicted octanol–water partition coefficient (Wildman–Crippen LogP) is -0.507. The molecule has 0 radical (unpaired) electrons. The minimum absolute atomic E-state index is 0. The molecule has 0 spiro atoms. The minimum Gasteiger partial charge on any atom is 0 e. The van der Waals surface area contributed by atoms with E-state index in [1.54, 1.807) is 0 Å². The fourth-order valence-corrected chi connectivity index (χ4v) is 0. The quantitative estimate of drug-likeness (QED) is 0.360. The van der Waals surface area contributed by atoms with Crippen molar-refractivity contribution in [1.82, 2.24) is 0 Å². The molecule has 0 N–H and O–H groups in total. The molecular weight excluding hydrogens is 569 g/mol. The molecule has 0 heterocycles.